The molecule has 0 fully saturated rings. The van der Waals surface area contributed by atoms with E-state index in [1.54, 1.807) is 12.1 Å². The molecular weight excluding hydrogens is 288 g/mol. The Kier molecular flexibility index (Phi) is 7.53. The quantitative estimate of drug-likeness (QED) is 0.438. The Labute approximate surface area is 129 Å². The highest BCUT2D eigenvalue weighted by molar-refractivity contribution is 7.14. The summed E-state index contributed by atoms with van der Waals surface area (Å²) in [6.45, 7) is 6.40. The highest BCUT2D eigenvalue weighted by Crippen LogP contribution is 2.28. The van der Waals surface area contributed by atoms with Gasteiger partial charge in [-0.15, -0.1) is 17.9 Å². The van der Waals surface area contributed by atoms with Crippen molar-refractivity contribution in [1.82, 2.24) is 5.32 Å². The van der Waals surface area contributed by atoms with Gasteiger partial charge in [0.1, 0.15) is 4.88 Å². The van der Waals surface area contributed by atoms with E-state index < -0.39 is 5.97 Å². The first-order chi connectivity index (χ1) is 10.1. The smallest absolute Gasteiger partial charge is 0.350 e. The van der Waals surface area contributed by atoms with Gasteiger partial charge in [0.05, 0.1) is 12.8 Å². The van der Waals surface area contributed by atoms with E-state index in [0.717, 1.165) is 24.1 Å². The van der Waals surface area contributed by atoms with Crippen molar-refractivity contribution in [3.05, 3.63) is 28.5 Å². The second-order valence-electron chi connectivity index (χ2n) is 4.53. The zero-order valence-corrected chi connectivity index (χ0v) is 13.3. The Morgan fingerprint density at radius 2 is 2.19 bits per heavy atom. The fraction of sp³-hybridized carbons (Fsp3) is 0.467. The molecule has 0 bridgehead atoms. The van der Waals surface area contributed by atoms with Gasteiger partial charge in [-0.1, -0.05) is 25.8 Å². The van der Waals surface area contributed by atoms with Crippen LogP contribution in [0.1, 0.15) is 40.7 Å². The van der Waals surface area contributed by atoms with Gasteiger partial charge in [0.25, 0.3) is 0 Å². The monoisotopic (exact) mass is 310 g/mol. The number of hydrogen-bond donors (Lipinski definition) is 2. The zero-order valence-electron chi connectivity index (χ0n) is 12.5. The summed E-state index contributed by atoms with van der Waals surface area (Å²) in [6.07, 6.45) is 5.52. The van der Waals surface area contributed by atoms with Crippen LogP contribution in [0.3, 0.4) is 0 Å². The molecule has 0 aromatic carbocycles. The number of amides is 2. The number of esters is 1. The molecule has 0 aliphatic rings. The molecule has 0 atom stereocenters. The van der Waals surface area contributed by atoms with Gasteiger partial charge in [-0.3, -0.25) is 0 Å². The summed E-state index contributed by atoms with van der Waals surface area (Å²) in [7, 11) is 1.32. The van der Waals surface area contributed by atoms with Gasteiger partial charge in [-0.2, -0.15) is 0 Å². The lowest BCUT2D eigenvalue weighted by Crippen LogP contribution is -2.29. The normalized spacial score (nSPS) is 10.0. The number of carbonyl (C=O) groups is 2. The van der Waals surface area contributed by atoms with Crippen molar-refractivity contribution in [3.63, 3.8) is 0 Å². The Bertz CT molecular complexity index is 497. The van der Waals surface area contributed by atoms with Gasteiger partial charge in [0.15, 0.2) is 0 Å². The third-order valence-electron chi connectivity index (χ3n) is 2.81. The number of anilines is 1. The minimum Gasteiger partial charge on any atom is -0.465 e. The summed E-state index contributed by atoms with van der Waals surface area (Å²) in [6, 6.07) is 1.48. The van der Waals surface area contributed by atoms with E-state index in [4.69, 9.17) is 4.74 Å². The predicted molar refractivity (Wildman–Crippen MR) is 86.1 cm³/mol. The maximum Gasteiger partial charge on any atom is 0.350 e. The Hall–Kier alpha value is -1.82. The second-order valence-corrected chi connectivity index (χ2v) is 5.66. The summed E-state index contributed by atoms with van der Waals surface area (Å²) >= 11 is 1.30. The van der Waals surface area contributed by atoms with E-state index in [-0.39, 0.29) is 6.03 Å². The SMILES string of the molecule is C=CCc1cc(NC(=O)NCCCCC)c(C(=O)OC)s1. The van der Waals surface area contributed by atoms with E-state index >= 15 is 0 Å². The van der Waals surface area contributed by atoms with E-state index in [1.807, 2.05) is 0 Å². The molecule has 1 rings (SSSR count). The molecule has 0 radical (unpaired) electrons. The number of allylic oxidation sites excluding steroid dienone is 1. The second kappa shape index (κ2) is 9.18. The molecule has 2 amide bonds. The molecule has 0 spiro atoms. The number of thiophene rings is 1. The molecule has 6 heteroatoms. The number of urea groups is 1. The molecule has 21 heavy (non-hydrogen) atoms. The average Bonchev–Trinajstić information content (AvgIpc) is 2.86. The van der Waals surface area contributed by atoms with Crippen molar-refractivity contribution in [1.29, 1.82) is 0 Å². The van der Waals surface area contributed by atoms with Crippen LogP contribution in [0.4, 0.5) is 10.5 Å². The van der Waals surface area contributed by atoms with Crippen LogP contribution in [0.5, 0.6) is 0 Å². The Balaban J connectivity index is 2.69. The number of unbranched alkanes of at least 4 members (excludes halogenated alkanes) is 2. The standard InChI is InChI=1S/C15H22N2O3S/c1-4-6-7-9-16-15(19)17-12-10-11(8-5-2)21-13(12)14(18)20-3/h5,10H,2,4,6-9H2,1,3H3,(H2,16,17,19). The fourth-order valence-corrected chi connectivity index (χ4v) is 2.79. The van der Waals surface area contributed by atoms with Crippen LogP contribution >= 0.6 is 11.3 Å². The number of methoxy groups -OCH3 is 1. The first-order valence-electron chi connectivity index (χ1n) is 6.99. The van der Waals surface area contributed by atoms with Gasteiger partial charge in [-0.05, 0) is 18.9 Å². The third kappa shape index (κ3) is 5.59. The molecule has 1 aromatic heterocycles. The van der Waals surface area contributed by atoms with Gasteiger partial charge in [-0.25, -0.2) is 9.59 Å². The van der Waals surface area contributed by atoms with Crippen LogP contribution in [0, 0.1) is 0 Å². The number of nitrogens with one attached hydrogen (secondary N) is 2. The lowest BCUT2D eigenvalue weighted by Gasteiger charge is -2.07. The van der Waals surface area contributed by atoms with E-state index in [2.05, 4.69) is 24.1 Å². The average molecular weight is 310 g/mol. The molecule has 1 aromatic rings. The largest absolute Gasteiger partial charge is 0.465 e. The van der Waals surface area contributed by atoms with Crippen LogP contribution in [-0.2, 0) is 11.2 Å². The lowest BCUT2D eigenvalue weighted by molar-refractivity contribution is 0.0607. The summed E-state index contributed by atoms with van der Waals surface area (Å²) in [5, 5.41) is 5.48. The molecule has 5 nitrogen and oxygen atoms in total. The maximum atomic E-state index is 11.8. The van der Waals surface area contributed by atoms with Crippen molar-refractivity contribution in [3.8, 4) is 0 Å². The van der Waals surface area contributed by atoms with Crippen molar-refractivity contribution in [2.24, 2.45) is 0 Å². The molecule has 0 unspecified atom stereocenters. The molecular formula is C15H22N2O3S. The fourth-order valence-electron chi connectivity index (χ4n) is 1.77. The summed E-state index contributed by atoms with van der Waals surface area (Å²) < 4.78 is 4.74. The maximum absolute atomic E-state index is 11.8. The van der Waals surface area contributed by atoms with Crippen LogP contribution in [0.15, 0.2) is 18.7 Å². The summed E-state index contributed by atoms with van der Waals surface area (Å²) in [4.78, 5) is 24.9. The molecule has 0 aliphatic heterocycles. The van der Waals surface area contributed by atoms with Crippen molar-refractivity contribution >= 4 is 29.0 Å². The highest BCUT2D eigenvalue weighted by Gasteiger charge is 2.18. The third-order valence-corrected chi connectivity index (χ3v) is 3.95. The Morgan fingerprint density at radius 3 is 2.81 bits per heavy atom. The zero-order chi connectivity index (χ0) is 15.7. The van der Waals surface area contributed by atoms with Crippen molar-refractivity contribution in [2.75, 3.05) is 19.0 Å². The van der Waals surface area contributed by atoms with E-state index in [9.17, 15) is 9.59 Å². The van der Waals surface area contributed by atoms with Gasteiger partial charge in [0.2, 0.25) is 0 Å². The van der Waals surface area contributed by atoms with Gasteiger partial charge in [0, 0.05) is 11.4 Å². The van der Waals surface area contributed by atoms with E-state index in [1.165, 1.54) is 18.4 Å². The van der Waals surface area contributed by atoms with Crippen LogP contribution in [-0.4, -0.2) is 25.7 Å². The van der Waals surface area contributed by atoms with E-state index in [0.29, 0.717) is 23.5 Å². The van der Waals surface area contributed by atoms with Crippen LogP contribution in [0.25, 0.3) is 0 Å². The van der Waals surface area contributed by atoms with Crippen LogP contribution in [0.2, 0.25) is 0 Å². The molecule has 1 heterocycles. The number of hydrogen-bond acceptors (Lipinski definition) is 4. The minimum atomic E-state index is -0.448. The Morgan fingerprint density at radius 1 is 1.43 bits per heavy atom. The molecule has 2 N–H and O–H groups in total. The molecule has 0 saturated carbocycles. The summed E-state index contributed by atoms with van der Waals surface area (Å²) in [5.41, 5.74) is 0.483. The first-order valence-corrected chi connectivity index (χ1v) is 7.80. The molecule has 116 valence electrons. The number of carbonyl (C=O) groups excluding carboxylic acids is 2. The van der Waals surface area contributed by atoms with Crippen molar-refractivity contribution in [2.45, 2.75) is 32.6 Å². The van der Waals surface area contributed by atoms with Crippen molar-refractivity contribution < 1.29 is 14.3 Å². The highest BCUT2D eigenvalue weighted by atomic mass is 32.1. The topological polar surface area (TPSA) is 67.4 Å². The molecule has 0 aliphatic carbocycles. The van der Waals surface area contributed by atoms with Crippen LogP contribution < -0.4 is 10.6 Å². The first kappa shape index (κ1) is 17.2. The van der Waals surface area contributed by atoms with Gasteiger partial charge < -0.3 is 15.4 Å². The van der Waals surface area contributed by atoms with Gasteiger partial charge >= 0.3 is 12.0 Å². The summed E-state index contributed by atoms with van der Waals surface area (Å²) in [5.74, 6) is -0.448. The minimum absolute atomic E-state index is 0.306. The molecule has 0 saturated heterocycles. The lowest BCUT2D eigenvalue weighted by atomic mass is 10.2. The predicted octanol–water partition coefficient (Wildman–Crippen LogP) is 3.57. The number of ether oxygens (including phenoxy) is 1. The number of rotatable bonds is 8.